The number of aliphatic hydroxyl groups excluding tert-OH is 1. The largest absolute Gasteiger partial charge is 0.494 e. The second-order valence-corrected chi connectivity index (χ2v) is 12.2. The van der Waals surface area contributed by atoms with Crippen molar-refractivity contribution in [3.63, 3.8) is 0 Å². The molecule has 11 nitrogen and oxygen atoms in total. The number of hydrogen-bond donors (Lipinski definition) is 4. The number of β-amino-alcohol motifs (C(OH)–C–C–N with tert-alkyl or cyclic N) is 1. The normalized spacial score (nSPS) is 18.0. The maximum Gasteiger partial charge on any atom is 0.237 e. The van der Waals surface area contributed by atoms with Crippen LogP contribution in [0.1, 0.15) is 12.8 Å². The van der Waals surface area contributed by atoms with Gasteiger partial charge in [-0.3, -0.25) is 9.20 Å². The summed E-state index contributed by atoms with van der Waals surface area (Å²) in [6.07, 6.45) is 6.53. The van der Waals surface area contributed by atoms with Crippen molar-refractivity contribution in [3.05, 3.63) is 66.6 Å². The summed E-state index contributed by atoms with van der Waals surface area (Å²) in [5.74, 6) is -2.09. The van der Waals surface area contributed by atoms with Gasteiger partial charge in [0.1, 0.15) is 0 Å². The zero-order valence-corrected chi connectivity index (χ0v) is 23.8. The van der Waals surface area contributed by atoms with Crippen LogP contribution < -0.4 is 20.7 Å². The number of ether oxygens (including phenoxy) is 1. The maximum atomic E-state index is 14.8. The van der Waals surface area contributed by atoms with Crippen molar-refractivity contribution in [3.8, 4) is 17.0 Å². The van der Waals surface area contributed by atoms with Crippen LogP contribution in [0.4, 0.5) is 20.3 Å². The molecule has 1 amide bonds. The Kier molecular flexibility index (Phi) is 8.66. The van der Waals surface area contributed by atoms with E-state index in [1.54, 1.807) is 41.1 Å². The first-order chi connectivity index (χ1) is 20.2. The fourth-order valence-corrected chi connectivity index (χ4v) is 5.93. The highest BCUT2D eigenvalue weighted by molar-refractivity contribution is 7.93. The molecule has 0 saturated carbocycles. The van der Waals surface area contributed by atoms with Crippen LogP contribution in [0, 0.1) is 11.6 Å². The van der Waals surface area contributed by atoms with Crippen LogP contribution in [0.15, 0.2) is 64.2 Å². The number of rotatable bonds is 10. The van der Waals surface area contributed by atoms with Gasteiger partial charge in [-0.1, -0.05) is 0 Å². The Balaban J connectivity index is 1.24. The first-order valence-corrected chi connectivity index (χ1v) is 15.2. The van der Waals surface area contributed by atoms with E-state index in [4.69, 9.17) is 4.74 Å². The molecule has 4 aromatic rings. The summed E-state index contributed by atoms with van der Waals surface area (Å²) in [7, 11) is -1.40. The number of aliphatic hydroxyl groups is 1. The SMILES string of the molecule is COc1ccc(-c2cnc3c(Nc4ccc(S(C)(=O)=NCCCNC(=O)C5CC(O)CN5)cc4)nccn23)c(F)c1F. The first kappa shape index (κ1) is 29.4. The van der Waals surface area contributed by atoms with Crippen LogP contribution >= 0.6 is 0 Å². The molecule has 3 unspecified atom stereocenters. The maximum absolute atomic E-state index is 14.8. The Hall–Kier alpha value is -4.14. The highest BCUT2D eigenvalue weighted by atomic mass is 32.2. The molecule has 1 aliphatic rings. The van der Waals surface area contributed by atoms with Crippen molar-refractivity contribution < 1.29 is 27.6 Å². The summed E-state index contributed by atoms with van der Waals surface area (Å²) in [5.41, 5.74) is 1.41. The lowest BCUT2D eigenvalue weighted by atomic mass is 10.1. The van der Waals surface area contributed by atoms with E-state index in [2.05, 4.69) is 30.3 Å². The number of benzene rings is 2. The van der Waals surface area contributed by atoms with E-state index in [1.165, 1.54) is 31.6 Å². The number of halogens is 2. The zero-order chi connectivity index (χ0) is 29.9. The third-order valence-corrected chi connectivity index (χ3v) is 8.74. The second kappa shape index (κ2) is 12.4. The van der Waals surface area contributed by atoms with Crippen LogP contribution in [0.3, 0.4) is 0 Å². The van der Waals surface area contributed by atoms with Gasteiger partial charge in [-0.25, -0.2) is 22.9 Å². The molecule has 0 aliphatic carbocycles. The van der Waals surface area contributed by atoms with Gasteiger partial charge < -0.3 is 25.8 Å². The summed E-state index contributed by atoms with van der Waals surface area (Å²) < 4.78 is 53.1. The molecule has 4 N–H and O–H groups in total. The summed E-state index contributed by atoms with van der Waals surface area (Å²) in [4.78, 5) is 21.4. The number of imidazole rings is 1. The number of nitrogens with one attached hydrogen (secondary N) is 3. The van der Waals surface area contributed by atoms with Gasteiger partial charge in [0.05, 0.1) is 47.4 Å². The molecule has 3 heterocycles. The van der Waals surface area contributed by atoms with Crippen LogP contribution in [0.2, 0.25) is 0 Å². The summed E-state index contributed by atoms with van der Waals surface area (Å²) in [5, 5.41) is 18.5. The zero-order valence-electron chi connectivity index (χ0n) is 23.0. The molecular formula is C28H31F2N7O4S. The molecule has 3 atom stereocenters. The van der Waals surface area contributed by atoms with Crippen molar-refractivity contribution in [2.24, 2.45) is 4.36 Å². The Morgan fingerprint density at radius 3 is 2.71 bits per heavy atom. The van der Waals surface area contributed by atoms with Crippen molar-refractivity contribution in [1.82, 2.24) is 25.0 Å². The first-order valence-electron chi connectivity index (χ1n) is 13.3. The molecule has 0 spiro atoms. The number of fused-ring (bicyclic) bond motifs is 1. The van der Waals surface area contributed by atoms with Crippen LogP contribution in [-0.4, -0.2) is 74.7 Å². The Morgan fingerprint density at radius 2 is 2.00 bits per heavy atom. The molecule has 0 bridgehead atoms. The van der Waals surface area contributed by atoms with Crippen molar-refractivity contribution in [1.29, 1.82) is 0 Å². The molecule has 2 aromatic carbocycles. The number of methoxy groups -OCH3 is 1. The van der Waals surface area contributed by atoms with Gasteiger partial charge in [0.2, 0.25) is 11.7 Å². The molecule has 42 heavy (non-hydrogen) atoms. The van der Waals surface area contributed by atoms with Crippen molar-refractivity contribution in [2.45, 2.75) is 29.9 Å². The number of anilines is 2. The minimum Gasteiger partial charge on any atom is -0.494 e. The van der Waals surface area contributed by atoms with Gasteiger partial charge in [-0.2, -0.15) is 4.39 Å². The molecule has 1 aliphatic heterocycles. The minimum atomic E-state index is -2.67. The second-order valence-electron chi connectivity index (χ2n) is 9.86. The van der Waals surface area contributed by atoms with Crippen LogP contribution in [-0.2, 0) is 14.5 Å². The van der Waals surface area contributed by atoms with E-state index in [-0.39, 0.29) is 17.2 Å². The van der Waals surface area contributed by atoms with Crippen LogP contribution in [0.5, 0.6) is 5.75 Å². The van der Waals surface area contributed by atoms with E-state index >= 15 is 0 Å². The summed E-state index contributed by atoms with van der Waals surface area (Å²) in [6, 6.07) is 9.29. The Labute approximate surface area is 241 Å². The van der Waals surface area contributed by atoms with Crippen LogP contribution in [0.25, 0.3) is 16.9 Å². The molecule has 1 saturated heterocycles. The number of nitrogens with zero attached hydrogens (tertiary/aromatic N) is 4. The quantitative estimate of drug-likeness (QED) is 0.204. The molecule has 5 rings (SSSR count). The van der Waals surface area contributed by atoms with E-state index in [0.717, 1.165) is 0 Å². The number of carbonyl (C=O) groups excluding carboxylic acids is 1. The van der Waals surface area contributed by atoms with E-state index in [9.17, 15) is 22.9 Å². The third kappa shape index (κ3) is 6.20. The standard InChI is InChI=1S/C28H31F2N7O4S/c1-41-23-9-8-20(24(29)25(23)30)22-16-34-27-26(31-12-13-37(22)27)36-17-4-6-19(7-5-17)42(2,40)35-11-3-10-32-28(39)21-14-18(38)15-33-21/h4-9,12-13,16,18,21,33,38H,3,10-11,14-15H2,1-2H3,(H,31,36)(H,32,39). The van der Waals surface area contributed by atoms with Gasteiger partial charge in [0, 0.05) is 47.9 Å². The highest BCUT2D eigenvalue weighted by Crippen LogP contribution is 2.31. The summed E-state index contributed by atoms with van der Waals surface area (Å²) in [6.45, 7) is 1.11. The fraction of sp³-hybridized carbons (Fsp3) is 0.321. The molecule has 14 heteroatoms. The van der Waals surface area contributed by atoms with Gasteiger partial charge in [-0.05, 0) is 49.2 Å². The predicted molar refractivity (Wildman–Crippen MR) is 154 cm³/mol. The Morgan fingerprint density at radius 1 is 1.21 bits per heavy atom. The Bertz CT molecular complexity index is 1720. The number of amides is 1. The number of hydrogen-bond acceptors (Lipinski definition) is 9. The van der Waals surface area contributed by atoms with E-state index < -0.39 is 33.5 Å². The lowest BCUT2D eigenvalue weighted by Gasteiger charge is -2.11. The lowest BCUT2D eigenvalue weighted by molar-refractivity contribution is -0.122. The smallest absolute Gasteiger partial charge is 0.237 e. The molecule has 1 fully saturated rings. The van der Waals surface area contributed by atoms with Crippen molar-refractivity contribution in [2.75, 3.05) is 38.3 Å². The van der Waals surface area contributed by atoms with E-state index in [0.29, 0.717) is 60.2 Å². The van der Waals surface area contributed by atoms with Gasteiger partial charge >= 0.3 is 0 Å². The van der Waals surface area contributed by atoms with Gasteiger partial charge in [-0.15, -0.1) is 0 Å². The average Bonchev–Trinajstić information content (AvgIpc) is 3.61. The highest BCUT2D eigenvalue weighted by Gasteiger charge is 2.27. The van der Waals surface area contributed by atoms with Gasteiger partial charge in [0.25, 0.3) is 0 Å². The third-order valence-electron chi connectivity index (χ3n) is 6.92. The van der Waals surface area contributed by atoms with Crippen molar-refractivity contribution >= 4 is 32.8 Å². The lowest BCUT2D eigenvalue weighted by Crippen LogP contribution is -2.40. The minimum absolute atomic E-state index is 0.0248. The summed E-state index contributed by atoms with van der Waals surface area (Å²) >= 11 is 0. The predicted octanol–water partition coefficient (Wildman–Crippen LogP) is 3.11. The topological polar surface area (TPSA) is 142 Å². The number of carbonyl (C=O) groups is 1. The molecular weight excluding hydrogens is 568 g/mol. The number of aromatic nitrogens is 3. The average molecular weight is 600 g/mol. The fourth-order valence-electron chi connectivity index (χ4n) is 4.67. The van der Waals surface area contributed by atoms with E-state index in [1.807, 2.05) is 0 Å². The van der Waals surface area contributed by atoms with Gasteiger partial charge in [0.15, 0.2) is 23.0 Å². The molecule has 2 aromatic heterocycles. The molecule has 222 valence electrons. The molecule has 0 radical (unpaired) electrons. The monoisotopic (exact) mass is 599 g/mol.